The Morgan fingerprint density at radius 3 is 2.39 bits per heavy atom. The number of hydrogen-bond acceptors (Lipinski definition) is 1. The highest BCUT2D eigenvalue weighted by atomic mass is 19.1. The number of rotatable bonds is 4. The van der Waals surface area contributed by atoms with E-state index in [0.29, 0.717) is 6.42 Å². The Kier molecular flexibility index (Phi) is 4.42. The molecule has 0 heterocycles. The van der Waals surface area contributed by atoms with Crippen molar-refractivity contribution in [2.45, 2.75) is 38.1 Å². The topological polar surface area (TPSA) is 29.1 Å². The van der Waals surface area contributed by atoms with Gasteiger partial charge in [0.05, 0.1) is 5.92 Å². The molecule has 23 heavy (non-hydrogen) atoms. The summed E-state index contributed by atoms with van der Waals surface area (Å²) in [4.78, 5) is 12.5. The number of halogens is 2. The molecule has 2 aromatic carbocycles. The van der Waals surface area contributed by atoms with Gasteiger partial charge in [0.25, 0.3) is 0 Å². The van der Waals surface area contributed by atoms with Crippen LogP contribution in [-0.4, -0.2) is 11.9 Å². The van der Waals surface area contributed by atoms with Crippen molar-refractivity contribution in [2.75, 3.05) is 0 Å². The molecular formula is C19H19F2NO. The summed E-state index contributed by atoms with van der Waals surface area (Å²) in [5.74, 6) is -2.09. The Hall–Kier alpha value is -2.23. The Balaban J connectivity index is 1.72. The highest BCUT2D eigenvalue weighted by Gasteiger charge is 2.27. The van der Waals surface area contributed by atoms with Crippen LogP contribution in [0.1, 0.15) is 36.0 Å². The maximum atomic E-state index is 14.0. The van der Waals surface area contributed by atoms with Gasteiger partial charge in [0.1, 0.15) is 11.6 Å². The molecule has 0 radical (unpaired) electrons. The number of fused-ring (bicyclic) bond motifs is 1. The fraction of sp³-hybridized carbons (Fsp3) is 0.316. The summed E-state index contributed by atoms with van der Waals surface area (Å²) in [5, 5.41) is 3.02. The van der Waals surface area contributed by atoms with Crippen LogP contribution in [0.25, 0.3) is 0 Å². The van der Waals surface area contributed by atoms with E-state index in [1.54, 1.807) is 0 Å². The van der Waals surface area contributed by atoms with Crippen molar-refractivity contribution in [3.63, 3.8) is 0 Å². The van der Waals surface area contributed by atoms with Gasteiger partial charge in [-0.2, -0.15) is 0 Å². The van der Waals surface area contributed by atoms with E-state index in [9.17, 15) is 13.6 Å². The number of carbonyl (C=O) groups excluding carboxylic acids is 1. The summed E-state index contributed by atoms with van der Waals surface area (Å²) >= 11 is 0. The van der Waals surface area contributed by atoms with Crippen molar-refractivity contribution in [3.8, 4) is 0 Å². The first kappa shape index (κ1) is 15.7. The van der Waals surface area contributed by atoms with E-state index in [-0.39, 0.29) is 17.5 Å². The summed E-state index contributed by atoms with van der Waals surface area (Å²) in [7, 11) is 0. The number of amides is 1. The van der Waals surface area contributed by atoms with Crippen molar-refractivity contribution in [1.82, 2.24) is 5.32 Å². The molecule has 1 N–H and O–H groups in total. The van der Waals surface area contributed by atoms with E-state index >= 15 is 0 Å². The van der Waals surface area contributed by atoms with E-state index < -0.39 is 17.6 Å². The second kappa shape index (κ2) is 6.49. The Labute approximate surface area is 134 Å². The zero-order valence-corrected chi connectivity index (χ0v) is 13.0. The molecule has 4 heteroatoms. The molecule has 3 rings (SSSR count). The lowest BCUT2D eigenvalue weighted by molar-refractivity contribution is -0.123. The molecule has 1 unspecified atom stereocenters. The number of nitrogens with one attached hydrogen (secondary N) is 1. The first-order valence-corrected chi connectivity index (χ1v) is 7.90. The van der Waals surface area contributed by atoms with Gasteiger partial charge in [-0.15, -0.1) is 0 Å². The lowest BCUT2D eigenvalue weighted by Gasteiger charge is -2.19. The third-order valence-corrected chi connectivity index (χ3v) is 4.46. The first-order valence-electron chi connectivity index (χ1n) is 7.90. The van der Waals surface area contributed by atoms with Crippen LogP contribution in [0.5, 0.6) is 0 Å². The molecule has 120 valence electrons. The van der Waals surface area contributed by atoms with Crippen molar-refractivity contribution >= 4 is 5.91 Å². The lowest BCUT2D eigenvalue weighted by Crippen LogP contribution is -2.38. The Morgan fingerprint density at radius 2 is 1.83 bits per heavy atom. The molecule has 1 aliphatic carbocycles. The molecule has 1 atom stereocenters. The fourth-order valence-electron chi connectivity index (χ4n) is 3.29. The first-order chi connectivity index (χ1) is 11.1. The largest absolute Gasteiger partial charge is 0.352 e. The van der Waals surface area contributed by atoms with Gasteiger partial charge in [0.15, 0.2) is 0 Å². The average molecular weight is 315 g/mol. The van der Waals surface area contributed by atoms with Gasteiger partial charge in [0, 0.05) is 17.7 Å². The van der Waals surface area contributed by atoms with Gasteiger partial charge in [-0.1, -0.05) is 37.3 Å². The summed E-state index contributed by atoms with van der Waals surface area (Å²) in [6.45, 7) is 1.83. The Morgan fingerprint density at radius 1 is 1.17 bits per heavy atom. The monoisotopic (exact) mass is 315 g/mol. The molecule has 1 aliphatic rings. The third-order valence-electron chi connectivity index (χ3n) is 4.46. The number of carbonyl (C=O) groups is 1. The standard InChI is InChI=1S/C19H19F2NO/c1-2-16(17-8-7-14(20)11-18(17)21)19(23)22-15-9-12-5-3-4-6-13(12)10-15/h3-8,11,15-16H,2,9-10H2,1H3,(H,22,23). The minimum absolute atomic E-state index is 0.0393. The van der Waals surface area contributed by atoms with Crippen LogP contribution in [0.2, 0.25) is 0 Å². The van der Waals surface area contributed by atoms with Crippen LogP contribution in [0.15, 0.2) is 42.5 Å². The van der Waals surface area contributed by atoms with Gasteiger partial charge in [-0.05, 0) is 36.5 Å². The molecule has 0 spiro atoms. The normalized spacial score (nSPS) is 15.3. The lowest BCUT2D eigenvalue weighted by atomic mass is 9.94. The van der Waals surface area contributed by atoms with E-state index in [1.165, 1.54) is 23.3 Å². The fourth-order valence-corrected chi connectivity index (χ4v) is 3.29. The Bertz CT molecular complexity index is 704. The smallest absolute Gasteiger partial charge is 0.227 e. The van der Waals surface area contributed by atoms with Crippen molar-refractivity contribution in [3.05, 3.63) is 70.8 Å². The zero-order chi connectivity index (χ0) is 16.4. The quantitative estimate of drug-likeness (QED) is 0.915. The molecule has 0 bridgehead atoms. The second-order valence-electron chi connectivity index (χ2n) is 6.01. The predicted molar refractivity (Wildman–Crippen MR) is 85.2 cm³/mol. The molecule has 1 amide bonds. The maximum absolute atomic E-state index is 14.0. The van der Waals surface area contributed by atoms with Crippen LogP contribution < -0.4 is 5.32 Å². The van der Waals surface area contributed by atoms with E-state index in [1.807, 2.05) is 19.1 Å². The molecule has 0 aliphatic heterocycles. The van der Waals surface area contributed by atoms with Crippen LogP contribution >= 0.6 is 0 Å². The van der Waals surface area contributed by atoms with Crippen molar-refractivity contribution in [1.29, 1.82) is 0 Å². The van der Waals surface area contributed by atoms with E-state index in [4.69, 9.17) is 0 Å². The zero-order valence-electron chi connectivity index (χ0n) is 13.0. The molecule has 0 saturated carbocycles. The average Bonchev–Trinajstić information content (AvgIpc) is 2.92. The van der Waals surface area contributed by atoms with Crippen LogP contribution in [0.4, 0.5) is 8.78 Å². The summed E-state index contributed by atoms with van der Waals surface area (Å²) < 4.78 is 27.0. The predicted octanol–water partition coefficient (Wildman–Crippen LogP) is 3.74. The van der Waals surface area contributed by atoms with Gasteiger partial charge in [-0.3, -0.25) is 4.79 Å². The van der Waals surface area contributed by atoms with Crippen molar-refractivity contribution < 1.29 is 13.6 Å². The third kappa shape index (κ3) is 3.26. The SMILES string of the molecule is CCC(C(=O)NC1Cc2ccccc2C1)c1ccc(F)cc1F. The maximum Gasteiger partial charge on any atom is 0.227 e. The van der Waals surface area contributed by atoms with Gasteiger partial charge < -0.3 is 5.32 Å². The van der Waals surface area contributed by atoms with Crippen LogP contribution in [-0.2, 0) is 17.6 Å². The summed E-state index contributed by atoms with van der Waals surface area (Å²) in [5.41, 5.74) is 2.75. The molecule has 2 aromatic rings. The number of benzene rings is 2. The van der Waals surface area contributed by atoms with Crippen molar-refractivity contribution in [2.24, 2.45) is 0 Å². The molecule has 0 aromatic heterocycles. The minimum atomic E-state index is -0.665. The van der Waals surface area contributed by atoms with E-state index in [2.05, 4.69) is 17.4 Å². The van der Waals surface area contributed by atoms with E-state index in [0.717, 1.165) is 18.9 Å². The van der Waals surface area contributed by atoms with Crippen LogP contribution in [0.3, 0.4) is 0 Å². The van der Waals surface area contributed by atoms with Crippen LogP contribution in [0, 0.1) is 11.6 Å². The molecule has 2 nitrogen and oxygen atoms in total. The summed E-state index contributed by atoms with van der Waals surface area (Å²) in [6, 6.07) is 11.5. The molecular weight excluding hydrogens is 296 g/mol. The highest BCUT2D eigenvalue weighted by Crippen LogP contribution is 2.26. The van der Waals surface area contributed by atoms with Gasteiger partial charge in [-0.25, -0.2) is 8.78 Å². The second-order valence-corrected chi connectivity index (χ2v) is 6.01. The molecule has 0 fully saturated rings. The summed E-state index contributed by atoms with van der Waals surface area (Å²) in [6.07, 6.45) is 2.06. The minimum Gasteiger partial charge on any atom is -0.352 e. The van der Waals surface area contributed by atoms with Gasteiger partial charge >= 0.3 is 0 Å². The number of hydrogen-bond donors (Lipinski definition) is 1. The van der Waals surface area contributed by atoms with Gasteiger partial charge in [0.2, 0.25) is 5.91 Å². The highest BCUT2D eigenvalue weighted by molar-refractivity contribution is 5.84. The molecule has 0 saturated heterocycles.